The molecule has 1 aromatic carbocycles. The first-order chi connectivity index (χ1) is 7.99. The van der Waals surface area contributed by atoms with Gasteiger partial charge in [-0.05, 0) is 17.7 Å². The quantitative estimate of drug-likeness (QED) is 0.646. The van der Waals surface area contributed by atoms with E-state index in [2.05, 4.69) is 5.32 Å². The molecule has 5 nitrogen and oxygen atoms in total. The highest BCUT2D eigenvalue weighted by atomic mass is 35.5. The topological polar surface area (TPSA) is 58.4 Å². The SMILES string of the molecule is CN(C)/C(=C\[N+](=O)[O-])NCc1ccc(Cl)cc1. The zero-order chi connectivity index (χ0) is 12.8. The minimum atomic E-state index is -0.482. The van der Waals surface area contributed by atoms with Crippen LogP contribution in [0.15, 0.2) is 36.3 Å². The molecule has 0 bridgehead atoms. The molecule has 0 atom stereocenters. The molecular weight excluding hydrogens is 242 g/mol. The lowest BCUT2D eigenvalue weighted by Gasteiger charge is -2.16. The van der Waals surface area contributed by atoms with Gasteiger partial charge in [-0.3, -0.25) is 10.1 Å². The standard InChI is InChI=1S/C11H14ClN3O2/c1-14(2)11(8-15(16)17)13-7-9-3-5-10(12)6-4-9/h3-6,8,13H,7H2,1-2H3/b11-8-. The molecule has 0 heterocycles. The number of nitrogens with one attached hydrogen (secondary N) is 1. The largest absolute Gasteiger partial charge is 0.363 e. The van der Waals surface area contributed by atoms with Crippen LogP contribution < -0.4 is 5.32 Å². The third kappa shape index (κ3) is 4.74. The first-order valence-corrected chi connectivity index (χ1v) is 5.38. The number of nitrogens with zero attached hydrogens (tertiary/aromatic N) is 2. The van der Waals surface area contributed by atoms with Gasteiger partial charge in [0.15, 0.2) is 5.82 Å². The molecule has 0 aliphatic heterocycles. The van der Waals surface area contributed by atoms with Crippen LogP contribution in [-0.2, 0) is 6.54 Å². The fourth-order valence-electron chi connectivity index (χ4n) is 1.21. The minimum absolute atomic E-state index is 0.449. The summed E-state index contributed by atoms with van der Waals surface area (Å²) in [5, 5.41) is 14.1. The summed E-state index contributed by atoms with van der Waals surface area (Å²) in [5.74, 6) is 0.449. The zero-order valence-corrected chi connectivity index (χ0v) is 10.4. The fraction of sp³-hybridized carbons (Fsp3) is 0.273. The molecule has 0 unspecified atom stereocenters. The first-order valence-electron chi connectivity index (χ1n) is 5.00. The Morgan fingerprint density at radius 3 is 2.53 bits per heavy atom. The van der Waals surface area contributed by atoms with Crippen molar-refractivity contribution in [1.29, 1.82) is 0 Å². The van der Waals surface area contributed by atoms with Gasteiger partial charge in [-0.1, -0.05) is 23.7 Å². The maximum Gasteiger partial charge on any atom is 0.274 e. The summed E-state index contributed by atoms with van der Waals surface area (Å²) >= 11 is 5.76. The monoisotopic (exact) mass is 255 g/mol. The summed E-state index contributed by atoms with van der Waals surface area (Å²) in [4.78, 5) is 11.6. The maximum atomic E-state index is 10.4. The summed E-state index contributed by atoms with van der Waals surface area (Å²) in [5.41, 5.74) is 1.01. The Balaban J connectivity index is 2.64. The molecule has 0 spiro atoms. The number of halogens is 1. The number of hydrogen-bond donors (Lipinski definition) is 1. The van der Waals surface area contributed by atoms with Crippen molar-refractivity contribution in [1.82, 2.24) is 10.2 Å². The van der Waals surface area contributed by atoms with Crippen LogP contribution in [0.4, 0.5) is 0 Å². The second-order valence-corrected chi connectivity index (χ2v) is 4.11. The Morgan fingerprint density at radius 2 is 2.06 bits per heavy atom. The molecule has 0 fully saturated rings. The van der Waals surface area contributed by atoms with Gasteiger partial charge in [0.25, 0.3) is 6.20 Å². The Bertz CT molecular complexity index is 415. The highest BCUT2D eigenvalue weighted by Gasteiger charge is 2.04. The van der Waals surface area contributed by atoms with Crippen molar-refractivity contribution in [2.24, 2.45) is 0 Å². The van der Waals surface area contributed by atoms with Crippen molar-refractivity contribution < 1.29 is 4.92 Å². The van der Waals surface area contributed by atoms with Crippen molar-refractivity contribution in [3.05, 3.63) is 57.0 Å². The van der Waals surface area contributed by atoms with E-state index < -0.39 is 4.92 Å². The second kappa shape index (κ2) is 6.10. The molecule has 0 aliphatic carbocycles. The molecule has 0 saturated carbocycles. The van der Waals surface area contributed by atoms with Crippen molar-refractivity contribution in [2.75, 3.05) is 14.1 Å². The molecule has 1 aromatic rings. The molecule has 17 heavy (non-hydrogen) atoms. The molecule has 92 valence electrons. The molecule has 1 N–H and O–H groups in total. The molecule has 0 aromatic heterocycles. The Hall–Kier alpha value is -1.75. The van der Waals surface area contributed by atoms with Crippen LogP contribution in [0.25, 0.3) is 0 Å². The first kappa shape index (κ1) is 13.3. The highest BCUT2D eigenvalue weighted by Crippen LogP contribution is 2.09. The van der Waals surface area contributed by atoms with Crippen LogP contribution in [0.1, 0.15) is 5.56 Å². The van der Waals surface area contributed by atoms with Crippen LogP contribution in [0, 0.1) is 10.1 Å². The van der Waals surface area contributed by atoms with Gasteiger partial charge in [0, 0.05) is 25.7 Å². The fourth-order valence-corrected chi connectivity index (χ4v) is 1.34. The number of nitro groups is 1. The van der Waals surface area contributed by atoms with Gasteiger partial charge >= 0.3 is 0 Å². The van der Waals surface area contributed by atoms with E-state index in [9.17, 15) is 10.1 Å². The smallest absolute Gasteiger partial charge is 0.274 e. The van der Waals surface area contributed by atoms with Crippen LogP contribution in [0.2, 0.25) is 5.02 Å². The molecule has 1 rings (SSSR count). The van der Waals surface area contributed by atoms with Gasteiger partial charge in [0.2, 0.25) is 0 Å². The van der Waals surface area contributed by atoms with E-state index in [-0.39, 0.29) is 0 Å². The zero-order valence-electron chi connectivity index (χ0n) is 9.68. The van der Waals surface area contributed by atoms with Gasteiger partial charge in [0.1, 0.15) is 0 Å². The summed E-state index contributed by atoms with van der Waals surface area (Å²) in [7, 11) is 3.48. The van der Waals surface area contributed by atoms with Gasteiger partial charge < -0.3 is 10.2 Å². The summed E-state index contributed by atoms with van der Waals surface area (Å²) in [6.07, 6.45) is 0.940. The third-order valence-electron chi connectivity index (χ3n) is 2.10. The van der Waals surface area contributed by atoms with E-state index >= 15 is 0 Å². The second-order valence-electron chi connectivity index (χ2n) is 3.67. The van der Waals surface area contributed by atoms with Crippen molar-refractivity contribution in [3.63, 3.8) is 0 Å². The average molecular weight is 256 g/mol. The van der Waals surface area contributed by atoms with E-state index in [4.69, 9.17) is 11.6 Å². The lowest BCUT2D eigenvalue weighted by Crippen LogP contribution is -2.26. The van der Waals surface area contributed by atoms with Gasteiger partial charge in [-0.2, -0.15) is 0 Å². The van der Waals surface area contributed by atoms with Crippen LogP contribution >= 0.6 is 11.6 Å². The lowest BCUT2D eigenvalue weighted by atomic mass is 10.2. The predicted octanol–water partition coefficient (Wildman–Crippen LogP) is 2.07. The molecule has 6 heteroatoms. The van der Waals surface area contributed by atoms with Crippen molar-refractivity contribution in [3.8, 4) is 0 Å². The third-order valence-corrected chi connectivity index (χ3v) is 2.35. The Morgan fingerprint density at radius 1 is 1.47 bits per heavy atom. The predicted molar refractivity (Wildman–Crippen MR) is 67.1 cm³/mol. The highest BCUT2D eigenvalue weighted by molar-refractivity contribution is 6.30. The number of rotatable bonds is 5. The van der Waals surface area contributed by atoms with Crippen LogP contribution in [0.3, 0.4) is 0 Å². The van der Waals surface area contributed by atoms with Crippen molar-refractivity contribution in [2.45, 2.75) is 6.54 Å². The van der Waals surface area contributed by atoms with E-state index in [1.807, 2.05) is 12.1 Å². The summed E-state index contributed by atoms with van der Waals surface area (Å²) in [6.45, 7) is 0.509. The van der Waals surface area contributed by atoms with Crippen LogP contribution in [0.5, 0.6) is 0 Å². The Labute approximate surface area is 105 Å². The average Bonchev–Trinajstić information content (AvgIpc) is 2.25. The van der Waals surface area contributed by atoms with Crippen molar-refractivity contribution >= 4 is 11.6 Å². The minimum Gasteiger partial charge on any atom is -0.363 e. The van der Waals surface area contributed by atoms with Crippen LogP contribution in [-0.4, -0.2) is 23.9 Å². The van der Waals surface area contributed by atoms with E-state index in [1.54, 1.807) is 31.1 Å². The Kier molecular flexibility index (Phi) is 4.78. The number of benzene rings is 1. The van der Waals surface area contributed by atoms with Gasteiger partial charge in [-0.15, -0.1) is 0 Å². The maximum absolute atomic E-state index is 10.4. The molecule has 0 amide bonds. The van der Waals surface area contributed by atoms with E-state index in [0.29, 0.717) is 17.4 Å². The summed E-state index contributed by atoms with van der Waals surface area (Å²) < 4.78 is 0. The molecule has 0 saturated heterocycles. The number of hydrogen-bond acceptors (Lipinski definition) is 4. The molecule has 0 radical (unpaired) electrons. The van der Waals surface area contributed by atoms with E-state index in [1.165, 1.54) is 0 Å². The molecule has 0 aliphatic rings. The van der Waals surface area contributed by atoms with Gasteiger partial charge in [-0.25, -0.2) is 0 Å². The van der Waals surface area contributed by atoms with E-state index in [0.717, 1.165) is 11.8 Å². The lowest BCUT2D eigenvalue weighted by molar-refractivity contribution is -0.404. The summed E-state index contributed by atoms with van der Waals surface area (Å²) in [6, 6.07) is 7.31. The molecular formula is C11H14ClN3O2. The van der Waals surface area contributed by atoms with Gasteiger partial charge in [0.05, 0.1) is 4.92 Å². The normalized spacial score (nSPS) is 11.1.